The lowest BCUT2D eigenvalue weighted by atomic mass is 9.90. The van der Waals surface area contributed by atoms with Gasteiger partial charge >= 0.3 is 0 Å². The summed E-state index contributed by atoms with van der Waals surface area (Å²) in [6, 6.07) is -0.634. The Balaban J connectivity index is 2.78. The van der Waals surface area contributed by atoms with E-state index < -0.39 is 24.4 Å². The normalized spacial score (nSPS) is 37.8. The van der Waals surface area contributed by atoms with Crippen molar-refractivity contribution in [3.63, 3.8) is 0 Å². The third kappa shape index (κ3) is 3.38. The van der Waals surface area contributed by atoms with E-state index in [1.807, 2.05) is 6.92 Å². The van der Waals surface area contributed by atoms with Crippen LogP contribution in [0.25, 0.3) is 0 Å². The van der Waals surface area contributed by atoms with Crippen molar-refractivity contribution in [3.05, 3.63) is 0 Å². The van der Waals surface area contributed by atoms with Crippen LogP contribution in [-0.4, -0.2) is 58.3 Å². The molecule has 4 N–H and O–H groups in total. The summed E-state index contributed by atoms with van der Waals surface area (Å²) in [5, 5.41) is 31.3. The lowest BCUT2D eigenvalue weighted by Gasteiger charge is -2.42. The number of hydrogen-bond donors (Lipinski definition) is 4. The Labute approximate surface area is 101 Å². The molecular formula is C11H21NO5. The first-order valence-electron chi connectivity index (χ1n) is 5.90. The Kier molecular flexibility index (Phi) is 5.32. The van der Waals surface area contributed by atoms with Crippen molar-refractivity contribution < 1.29 is 24.9 Å². The number of carbonyl (C=O) groups is 1. The highest BCUT2D eigenvalue weighted by Gasteiger charge is 2.43. The second-order valence-corrected chi connectivity index (χ2v) is 4.39. The van der Waals surface area contributed by atoms with E-state index in [9.17, 15) is 15.0 Å². The first kappa shape index (κ1) is 14.4. The van der Waals surface area contributed by atoms with Crippen LogP contribution in [0.3, 0.4) is 0 Å². The molecule has 0 spiro atoms. The van der Waals surface area contributed by atoms with E-state index in [4.69, 9.17) is 9.84 Å². The lowest BCUT2D eigenvalue weighted by Crippen LogP contribution is -2.63. The van der Waals surface area contributed by atoms with E-state index in [1.165, 1.54) is 6.92 Å². The number of carbonyl (C=O) groups excluding carboxylic acids is 1. The molecule has 0 aromatic carbocycles. The van der Waals surface area contributed by atoms with Crippen LogP contribution in [0.1, 0.15) is 26.7 Å². The number of aliphatic hydroxyl groups excluding tert-OH is 3. The van der Waals surface area contributed by atoms with Gasteiger partial charge in [0.25, 0.3) is 0 Å². The number of nitrogens with one attached hydrogen (secondary N) is 1. The molecule has 1 aliphatic rings. The molecule has 0 aliphatic carbocycles. The largest absolute Gasteiger partial charge is 0.394 e. The molecule has 5 unspecified atom stereocenters. The predicted octanol–water partition coefficient (Wildman–Crippen LogP) is -1.23. The van der Waals surface area contributed by atoms with Gasteiger partial charge in [0, 0.05) is 6.92 Å². The molecule has 0 radical (unpaired) electrons. The molecule has 1 amide bonds. The minimum absolute atomic E-state index is 0.284. The summed E-state index contributed by atoms with van der Waals surface area (Å²) in [6.07, 6.45) is -2.04. The van der Waals surface area contributed by atoms with Crippen LogP contribution in [0.15, 0.2) is 0 Å². The number of hydrogen-bond acceptors (Lipinski definition) is 5. The van der Waals surface area contributed by atoms with Crippen LogP contribution in [0, 0.1) is 0 Å². The molecule has 0 bridgehead atoms. The van der Waals surface area contributed by atoms with E-state index in [-0.39, 0.29) is 18.6 Å². The Hall–Kier alpha value is -0.690. The van der Waals surface area contributed by atoms with Gasteiger partial charge in [0.15, 0.2) is 0 Å². The Bertz CT molecular complexity index is 260. The van der Waals surface area contributed by atoms with Crippen LogP contribution in [0.5, 0.6) is 0 Å². The van der Waals surface area contributed by atoms with Gasteiger partial charge < -0.3 is 25.4 Å². The molecule has 0 saturated carbocycles. The summed E-state index contributed by atoms with van der Waals surface area (Å²) in [6.45, 7) is 2.95. The minimum Gasteiger partial charge on any atom is -0.394 e. The molecule has 17 heavy (non-hydrogen) atoms. The van der Waals surface area contributed by atoms with Gasteiger partial charge in [-0.05, 0) is 6.42 Å². The lowest BCUT2D eigenvalue weighted by molar-refractivity contribution is -0.196. The number of rotatable bonds is 4. The summed E-state index contributed by atoms with van der Waals surface area (Å²) in [5.74, 6) is -0.284. The fourth-order valence-electron chi connectivity index (χ4n) is 2.14. The molecule has 6 heteroatoms. The molecule has 1 heterocycles. The average Bonchev–Trinajstić information content (AvgIpc) is 2.28. The van der Waals surface area contributed by atoms with Crippen LogP contribution in [-0.2, 0) is 9.53 Å². The van der Waals surface area contributed by atoms with Crippen molar-refractivity contribution in [2.45, 2.75) is 57.1 Å². The van der Waals surface area contributed by atoms with Gasteiger partial charge in [0.1, 0.15) is 18.3 Å². The predicted molar refractivity (Wildman–Crippen MR) is 60.3 cm³/mol. The Morgan fingerprint density at radius 2 is 1.94 bits per heavy atom. The zero-order chi connectivity index (χ0) is 13.0. The summed E-state index contributed by atoms with van der Waals surface area (Å²) >= 11 is 0. The molecular weight excluding hydrogens is 226 g/mol. The molecule has 5 atom stereocenters. The van der Waals surface area contributed by atoms with Gasteiger partial charge in [0.2, 0.25) is 5.91 Å². The highest BCUT2D eigenvalue weighted by molar-refractivity contribution is 5.73. The summed E-state index contributed by atoms with van der Waals surface area (Å²) in [5.41, 5.74) is 0. The highest BCUT2D eigenvalue weighted by Crippen LogP contribution is 2.24. The van der Waals surface area contributed by atoms with Crippen LogP contribution >= 0.6 is 0 Å². The second kappa shape index (κ2) is 6.30. The molecule has 1 aliphatic heterocycles. The Morgan fingerprint density at radius 1 is 1.29 bits per heavy atom. The maximum Gasteiger partial charge on any atom is 0.217 e. The molecule has 100 valence electrons. The summed E-state index contributed by atoms with van der Waals surface area (Å²) in [7, 11) is 0. The second-order valence-electron chi connectivity index (χ2n) is 4.39. The van der Waals surface area contributed by atoms with Crippen LogP contribution in [0.2, 0.25) is 0 Å². The summed E-state index contributed by atoms with van der Waals surface area (Å²) in [4.78, 5) is 11.1. The van der Waals surface area contributed by atoms with Crippen LogP contribution < -0.4 is 5.32 Å². The van der Waals surface area contributed by atoms with E-state index in [0.29, 0.717) is 6.42 Å². The molecule has 6 nitrogen and oxygen atoms in total. The van der Waals surface area contributed by atoms with Crippen molar-refractivity contribution in [2.75, 3.05) is 6.61 Å². The molecule has 1 fully saturated rings. The topological polar surface area (TPSA) is 99.0 Å². The number of ether oxygens (including phenoxy) is 1. The van der Waals surface area contributed by atoms with Crippen molar-refractivity contribution in [1.29, 1.82) is 0 Å². The first-order valence-corrected chi connectivity index (χ1v) is 5.90. The van der Waals surface area contributed by atoms with Gasteiger partial charge in [-0.25, -0.2) is 0 Å². The maximum absolute atomic E-state index is 11.1. The van der Waals surface area contributed by atoms with Crippen molar-refractivity contribution in [3.8, 4) is 0 Å². The van der Waals surface area contributed by atoms with Gasteiger partial charge in [-0.15, -0.1) is 0 Å². The van der Waals surface area contributed by atoms with E-state index >= 15 is 0 Å². The van der Waals surface area contributed by atoms with E-state index in [2.05, 4.69) is 5.32 Å². The zero-order valence-electron chi connectivity index (χ0n) is 10.2. The summed E-state index contributed by atoms with van der Waals surface area (Å²) < 4.78 is 5.50. The van der Waals surface area contributed by atoms with Gasteiger partial charge in [0.05, 0.1) is 18.8 Å². The smallest absolute Gasteiger partial charge is 0.217 e. The SMILES string of the molecule is CCCC1OC(CO)C(O)C(O)C1NC(C)=O. The standard InChI is InChI=1S/C11H21NO5/c1-3-4-7-9(12-6(2)14)11(16)10(15)8(5-13)17-7/h7-11,13,15-16H,3-5H2,1-2H3,(H,12,14). The van der Waals surface area contributed by atoms with Gasteiger partial charge in [-0.1, -0.05) is 13.3 Å². The third-order valence-electron chi connectivity index (χ3n) is 2.97. The molecule has 0 aromatic rings. The molecule has 1 rings (SSSR count). The zero-order valence-corrected chi connectivity index (χ0v) is 10.2. The fraction of sp³-hybridized carbons (Fsp3) is 0.909. The van der Waals surface area contributed by atoms with Crippen molar-refractivity contribution in [2.24, 2.45) is 0 Å². The third-order valence-corrected chi connectivity index (χ3v) is 2.97. The monoisotopic (exact) mass is 247 g/mol. The number of amides is 1. The van der Waals surface area contributed by atoms with E-state index in [1.54, 1.807) is 0 Å². The van der Waals surface area contributed by atoms with Crippen LogP contribution in [0.4, 0.5) is 0 Å². The highest BCUT2D eigenvalue weighted by atomic mass is 16.5. The average molecular weight is 247 g/mol. The van der Waals surface area contributed by atoms with Crippen molar-refractivity contribution >= 4 is 5.91 Å². The quantitative estimate of drug-likeness (QED) is 0.499. The first-order chi connectivity index (χ1) is 8.01. The van der Waals surface area contributed by atoms with Gasteiger partial charge in [-0.2, -0.15) is 0 Å². The minimum atomic E-state index is -1.19. The number of aliphatic hydroxyl groups is 3. The molecule has 0 aromatic heterocycles. The van der Waals surface area contributed by atoms with E-state index in [0.717, 1.165) is 6.42 Å². The maximum atomic E-state index is 11.1. The molecule has 1 saturated heterocycles. The van der Waals surface area contributed by atoms with Gasteiger partial charge in [-0.3, -0.25) is 4.79 Å². The Morgan fingerprint density at radius 3 is 2.41 bits per heavy atom. The van der Waals surface area contributed by atoms with Crippen molar-refractivity contribution in [1.82, 2.24) is 5.32 Å². The fourth-order valence-corrected chi connectivity index (χ4v) is 2.14.